The van der Waals surface area contributed by atoms with E-state index in [4.69, 9.17) is 10.1 Å². The van der Waals surface area contributed by atoms with Gasteiger partial charge in [0.2, 0.25) is 5.75 Å². The summed E-state index contributed by atoms with van der Waals surface area (Å²) in [4.78, 5) is 9.01. The molecule has 1 aliphatic heterocycles. The minimum absolute atomic E-state index is 0.419. The van der Waals surface area contributed by atoms with Crippen molar-refractivity contribution in [2.45, 2.75) is 0 Å². The molecule has 5 heteroatoms. The highest BCUT2D eigenvalue weighted by Crippen LogP contribution is 2.31. The zero-order chi connectivity index (χ0) is 8.39. The molecular formula is C7H5N3OP+. The van der Waals surface area contributed by atoms with Gasteiger partial charge in [0.05, 0.1) is 11.6 Å². The van der Waals surface area contributed by atoms with E-state index in [1.165, 1.54) is 4.63 Å². The molecule has 0 radical (unpaired) electrons. The molecule has 58 valence electrons. The van der Waals surface area contributed by atoms with Crippen LogP contribution in [0.1, 0.15) is 5.56 Å². The predicted molar refractivity (Wildman–Crippen MR) is 42.8 cm³/mol. The first-order valence-electron chi connectivity index (χ1n) is 3.33. The SMILES string of the molecule is N#Cc1ccc(O[N+]2=NP2)cc1. The lowest BCUT2D eigenvalue weighted by atomic mass is 10.2. The number of rotatable bonds is 2. The van der Waals surface area contributed by atoms with Gasteiger partial charge in [0.15, 0.2) is 0 Å². The zero-order valence-corrected chi connectivity index (χ0v) is 7.06. The van der Waals surface area contributed by atoms with Crippen LogP contribution in [0.15, 0.2) is 29.2 Å². The van der Waals surface area contributed by atoms with Gasteiger partial charge in [-0.25, -0.2) is 4.84 Å². The average Bonchev–Trinajstić information content (AvgIpc) is 2.90. The van der Waals surface area contributed by atoms with Gasteiger partial charge in [-0.1, -0.05) is 0 Å². The van der Waals surface area contributed by atoms with Gasteiger partial charge in [0.25, 0.3) is 0 Å². The molecule has 0 saturated carbocycles. The fourth-order valence-corrected chi connectivity index (χ4v) is 0.973. The van der Waals surface area contributed by atoms with Crippen LogP contribution in [-0.2, 0) is 0 Å². The fourth-order valence-electron chi connectivity index (χ4n) is 0.749. The second-order valence-corrected chi connectivity index (χ2v) is 2.98. The molecule has 0 bridgehead atoms. The molecule has 1 aromatic rings. The predicted octanol–water partition coefficient (Wildman–Crippen LogP) is 1.84. The number of hydrogen-bond donors (Lipinski definition) is 0. The van der Waals surface area contributed by atoms with E-state index in [1.807, 2.05) is 6.07 Å². The Kier molecular flexibility index (Phi) is 1.73. The van der Waals surface area contributed by atoms with Crippen molar-refractivity contribution >= 4 is 8.88 Å². The monoisotopic (exact) mass is 178 g/mol. The normalized spacial score (nSPS) is 15.1. The Morgan fingerprint density at radius 3 is 2.58 bits per heavy atom. The summed E-state index contributed by atoms with van der Waals surface area (Å²) in [6.07, 6.45) is 0. The largest absolute Gasteiger partial charge is 0.452 e. The molecule has 0 saturated heterocycles. The van der Waals surface area contributed by atoms with Crippen LogP contribution < -0.4 is 4.84 Å². The van der Waals surface area contributed by atoms with Crippen LogP contribution in [0.2, 0.25) is 0 Å². The minimum Gasteiger partial charge on any atom is -0.208 e. The molecule has 1 aromatic carbocycles. The van der Waals surface area contributed by atoms with E-state index >= 15 is 0 Å². The van der Waals surface area contributed by atoms with Gasteiger partial charge in [0.1, 0.15) is 9.52 Å². The highest BCUT2D eigenvalue weighted by Gasteiger charge is 2.27. The van der Waals surface area contributed by atoms with Gasteiger partial charge in [-0.05, 0) is 24.3 Å². The second kappa shape index (κ2) is 2.88. The average molecular weight is 178 g/mol. The van der Waals surface area contributed by atoms with Gasteiger partial charge < -0.3 is 0 Å². The Morgan fingerprint density at radius 1 is 1.42 bits per heavy atom. The molecule has 0 amide bonds. The van der Waals surface area contributed by atoms with Crippen LogP contribution in [0.25, 0.3) is 0 Å². The maximum atomic E-state index is 8.50. The highest BCUT2D eigenvalue weighted by atomic mass is 31.1. The standard InChI is InChI=1S/C7H5N3OP/c8-5-6-1-3-7(4-2-6)11-10-9-12-10/h1-4,12H/q+1. The van der Waals surface area contributed by atoms with Crippen LogP contribution in [0.5, 0.6) is 5.75 Å². The number of nitriles is 1. The lowest BCUT2D eigenvalue weighted by molar-refractivity contribution is -0.624. The minimum atomic E-state index is 0.419. The molecular weight excluding hydrogens is 173 g/mol. The van der Waals surface area contributed by atoms with E-state index in [2.05, 4.69) is 4.88 Å². The Labute approximate surface area is 70.9 Å². The maximum Gasteiger partial charge on any atom is 0.452 e. The molecule has 1 atom stereocenters. The second-order valence-electron chi connectivity index (χ2n) is 2.20. The Balaban J connectivity index is 2.14. The van der Waals surface area contributed by atoms with Crippen molar-refractivity contribution in [3.05, 3.63) is 29.8 Å². The summed E-state index contributed by atoms with van der Waals surface area (Å²) in [5.41, 5.74) is 0.632. The fraction of sp³-hybridized carbons (Fsp3) is 0. The summed E-state index contributed by atoms with van der Waals surface area (Å²) < 4.78 is 1.50. The van der Waals surface area contributed by atoms with E-state index in [0.717, 1.165) is 0 Å². The van der Waals surface area contributed by atoms with Crippen molar-refractivity contribution in [3.63, 3.8) is 0 Å². The van der Waals surface area contributed by atoms with Crippen molar-refractivity contribution in [1.29, 1.82) is 5.26 Å². The molecule has 2 rings (SSSR count). The van der Waals surface area contributed by atoms with E-state index in [9.17, 15) is 0 Å². The van der Waals surface area contributed by atoms with Crippen LogP contribution in [-0.4, -0.2) is 4.63 Å². The molecule has 0 spiro atoms. The molecule has 0 N–H and O–H groups in total. The van der Waals surface area contributed by atoms with Crippen LogP contribution >= 0.6 is 8.88 Å². The third kappa shape index (κ3) is 1.58. The maximum absolute atomic E-state index is 8.50. The van der Waals surface area contributed by atoms with E-state index < -0.39 is 0 Å². The first-order chi connectivity index (χ1) is 5.88. The molecule has 0 fully saturated rings. The molecule has 0 aliphatic carbocycles. The molecule has 1 aliphatic rings. The summed E-state index contributed by atoms with van der Waals surface area (Å²) >= 11 is 0. The summed E-state index contributed by atoms with van der Waals surface area (Å²) in [6, 6.07) is 8.95. The van der Waals surface area contributed by atoms with Crippen molar-refractivity contribution in [1.82, 2.24) is 0 Å². The quantitative estimate of drug-likeness (QED) is 0.648. The molecule has 1 unspecified atom stereocenters. The Bertz CT molecular complexity index is 365. The van der Waals surface area contributed by atoms with Crippen molar-refractivity contribution in [2.24, 2.45) is 4.88 Å². The Morgan fingerprint density at radius 2 is 2.08 bits per heavy atom. The zero-order valence-electron chi connectivity index (χ0n) is 6.06. The molecule has 4 nitrogen and oxygen atoms in total. The van der Waals surface area contributed by atoms with Gasteiger partial charge in [-0.3, -0.25) is 0 Å². The van der Waals surface area contributed by atoms with Crippen LogP contribution in [0, 0.1) is 11.3 Å². The van der Waals surface area contributed by atoms with E-state index in [-0.39, 0.29) is 0 Å². The van der Waals surface area contributed by atoms with Crippen LogP contribution in [0.3, 0.4) is 0 Å². The van der Waals surface area contributed by atoms with E-state index in [0.29, 0.717) is 20.2 Å². The third-order valence-electron chi connectivity index (χ3n) is 1.36. The van der Waals surface area contributed by atoms with Crippen molar-refractivity contribution < 1.29 is 9.47 Å². The number of benzene rings is 1. The third-order valence-corrected chi connectivity index (χ3v) is 1.81. The first-order valence-corrected chi connectivity index (χ1v) is 4.22. The molecule has 0 aromatic heterocycles. The smallest absolute Gasteiger partial charge is 0.208 e. The van der Waals surface area contributed by atoms with Gasteiger partial charge in [-0.15, -0.1) is 0 Å². The number of nitrogens with zero attached hydrogens (tertiary/aromatic N) is 3. The topological polar surface area (TPSA) is 48.4 Å². The van der Waals surface area contributed by atoms with Crippen molar-refractivity contribution in [2.75, 3.05) is 0 Å². The molecule has 1 heterocycles. The number of hydrogen-bond acceptors (Lipinski definition) is 3. The summed E-state index contributed by atoms with van der Waals surface area (Å²) in [5.74, 6) is 0.711. The lowest BCUT2D eigenvalue weighted by Gasteiger charge is -1.90. The van der Waals surface area contributed by atoms with Gasteiger partial charge in [-0.2, -0.15) is 5.26 Å². The van der Waals surface area contributed by atoms with Gasteiger partial charge >= 0.3 is 8.88 Å². The summed E-state index contributed by atoms with van der Waals surface area (Å²) in [7, 11) is 0.419. The van der Waals surface area contributed by atoms with E-state index in [1.54, 1.807) is 24.3 Å². The Hall–Kier alpha value is -1.46. The lowest BCUT2D eigenvalue weighted by Crippen LogP contribution is -1.92. The van der Waals surface area contributed by atoms with Crippen molar-refractivity contribution in [3.8, 4) is 11.8 Å². The molecule has 12 heavy (non-hydrogen) atoms. The summed E-state index contributed by atoms with van der Waals surface area (Å²) in [5, 5.41) is 8.50. The first kappa shape index (κ1) is 7.20. The van der Waals surface area contributed by atoms with Crippen LogP contribution in [0.4, 0.5) is 0 Å². The summed E-state index contributed by atoms with van der Waals surface area (Å²) in [6.45, 7) is 0. The highest BCUT2D eigenvalue weighted by molar-refractivity contribution is 7.32. The van der Waals surface area contributed by atoms with Gasteiger partial charge in [0, 0.05) is 0 Å².